The van der Waals surface area contributed by atoms with Crippen molar-refractivity contribution in [2.24, 2.45) is 0 Å². The zero-order valence-electron chi connectivity index (χ0n) is 12.7. The second-order valence-electron chi connectivity index (χ2n) is 4.55. The highest BCUT2D eigenvalue weighted by molar-refractivity contribution is 9.10. The third kappa shape index (κ3) is 6.09. The number of rotatable bonds is 8. The molecule has 0 aliphatic carbocycles. The van der Waals surface area contributed by atoms with E-state index in [1.165, 1.54) is 23.1 Å². The number of carbonyl (C=O) groups is 1. The van der Waals surface area contributed by atoms with Gasteiger partial charge in [0.25, 0.3) is 0 Å². The number of ether oxygens (including phenoxy) is 1. The van der Waals surface area contributed by atoms with E-state index in [4.69, 9.17) is 4.74 Å². The van der Waals surface area contributed by atoms with Crippen LogP contribution >= 0.6 is 39.0 Å². The topological polar surface area (TPSA) is 76.1 Å². The van der Waals surface area contributed by atoms with Gasteiger partial charge in [0, 0.05) is 23.8 Å². The Morgan fingerprint density at radius 2 is 2.13 bits per heavy atom. The Morgan fingerprint density at radius 3 is 2.83 bits per heavy atom. The van der Waals surface area contributed by atoms with Crippen LogP contribution in [0.3, 0.4) is 0 Å². The van der Waals surface area contributed by atoms with Crippen LogP contribution < -0.4 is 10.6 Å². The number of nitrogens with zero attached hydrogens (tertiary/aromatic N) is 2. The number of amides is 1. The number of aromatic nitrogens is 2. The predicted octanol–water partition coefficient (Wildman–Crippen LogP) is 3.48. The number of methoxy groups -OCH3 is 1. The van der Waals surface area contributed by atoms with Crippen molar-refractivity contribution in [3.8, 4) is 0 Å². The van der Waals surface area contributed by atoms with Gasteiger partial charge in [0.2, 0.25) is 11.0 Å². The molecule has 9 heteroatoms. The molecule has 0 saturated carbocycles. The molecule has 2 N–H and O–H groups in total. The minimum absolute atomic E-state index is 0.0681. The standard InChI is InChI=1S/C14H17BrN4O2S2/c1-9(12(20)17-11-5-3-10(15)4-6-11)22-14-19-18-13(23-14)16-7-8-21-2/h3-6,9H,7-8H2,1-2H3,(H,16,18)(H,17,20)/t9-/m0/s1. The Kier molecular flexibility index (Phi) is 7.28. The van der Waals surface area contributed by atoms with E-state index in [1.54, 1.807) is 7.11 Å². The fourth-order valence-electron chi connectivity index (χ4n) is 1.57. The van der Waals surface area contributed by atoms with Gasteiger partial charge in [-0.3, -0.25) is 4.79 Å². The Labute approximate surface area is 151 Å². The summed E-state index contributed by atoms with van der Waals surface area (Å²) in [6, 6.07) is 7.47. The van der Waals surface area contributed by atoms with Crippen molar-refractivity contribution in [3.63, 3.8) is 0 Å². The number of halogens is 1. The van der Waals surface area contributed by atoms with Crippen molar-refractivity contribution in [1.29, 1.82) is 0 Å². The van der Waals surface area contributed by atoms with Gasteiger partial charge in [-0.25, -0.2) is 0 Å². The smallest absolute Gasteiger partial charge is 0.237 e. The van der Waals surface area contributed by atoms with Gasteiger partial charge in [0.05, 0.1) is 11.9 Å². The minimum Gasteiger partial charge on any atom is -0.383 e. The molecular weight excluding hydrogens is 400 g/mol. The Hall–Kier alpha value is -1.16. The second kappa shape index (κ2) is 9.21. The predicted molar refractivity (Wildman–Crippen MR) is 98.4 cm³/mol. The summed E-state index contributed by atoms with van der Waals surface area (Å²) in [7, 11) is 1.65. The van der Waals surface area contributed by atoms with Crippen LogP contribution in [-0.4, -0.2) is 41.6 Å². The molecule has 0 unspecified atom stereocenters. The quantitative estimate of drug-likeness (QED) is 0.506. The van der Waals surface area contributed by atoms with Crippen LogP contribution in [0.15, 0.2) is 33.1 Å². The first-order valence-electron chi connectivity index (χ1n) is 6.88. The van der Waals surface area contributed by atoms with E-state index in [-0.39, 0.29) is 11.2 Å². The summed E-state index contributed by atoms with van der Waals surface area (Å²) in [6.07, 6.45) is 0. The van der Waals surface area contributed by atoms with E-state index < -0.39 is 0 Å². The largest absolute Gasteiger partial charge is 0.383 e. The normalized spacial score (nSPS) is 12.0. The monoisotopic (exact) mass is 416 g/mol. The first-order chi connectivity index (χ1) is 11.1. The minimum atomic E-state index is -0.265. The lowest BCUT2D eigenvalue weighted by atomic mass is 10.3. The number of carbonyl (C=O) groups excluding carboxylic acids is 1. The summed E-state index contributed by atoms with van der Waals surface area (Å²) in [6.45, 7) is 3.13. The van der Waals surface area contributed by atoms with Crippen LogP contribution in [0.4, 0.5) is 10.8 Å². The first-order valence-corrected chi connectivity index (χ1v) is 9.37. The molecule has 0 aliphatic heterocycles. The zero-order chi connectivity index (χ0) is 16.7. The molecule has 0 radical (unpaired) electrons. The molecular formula is C14H17BrN4O2S2. The average molecular weight is 417 g/mol. The van der Waals surface area contributed by atoms with E-state index in [0.717, 1.165) is 19.6 Å². The van der Waals surface area contributed by atoms with E-state index in [9.17, 15) is 4.79 Å². The van der Waals surface area contributed by atoms with E-state index in [2.05, 4.69) is 36.8 Å². The molecule has 6 nitrogen and oxygen atoms in total. The maximum Gasteiger partial charge on any atom is 0.237 e. The van der Waals surface area contributed by atoms with Gasteiger partial charge in [-0.15, -0.1) is 10.2 Å². The number of nitrogens with one attached hydrogen (secondary N) is 2. The Bertz CT molecular complexity index is 636. The van der Waals surface area contributed by atoms with Crippen LogP contribution in [0, 0.1) is 0 Å². The summed E-state index contributed by atoms with van der Waals surface area (Å²) < 4.78 is 6.69. The first kappa shape index (κ1) is 18.2. The van der Waals surface area contributed by atoms with Gasteiger partial charge < -0.3 is 15.4 Å². The molecule has 2 rings (SSSR count). The molecule has 1 amide bonds. The van der Waals surface area contributed by atoms with Gasteiger partial charge >= 0.3 is 0 Å². The van der Waals surface area contributed by atoms with E-state index >= 15 is 0 Å². The van der Waals surface area contributed by atoms with Gasteiger partial charge in [-0.1, -0.05) is 39.0 Å². The summed E-state index contributed by atoms with van der Waals surface area (Å²) in [5, 5.41) is 14.6. The van der Waals surface area contributed by atoms with Crippen molar-refractivity contribution in [1.82, 2.24) is 10.2 Å². The summed E-state index contributed by atoms with van der Waals surface area (Å²) >= 11 is 6.18. The number of benzene rings is 1. The highest BCUT2D eigenvalue weighted by Crippen LogP contribution is 2.29. The van der Waals surface area contributed by atoms with Crippen molar-refractivity contribution in [2.45, 2.75) is 16.5 Å². The van der Waals surface area contributed by atoms with Gasteiger partial charge in [0.15, 0.2) is 4.34 Å². The van der Waals surface area contributed by atoms with Crippen LogP contribution in [0.2, 0.25) is 0 Å². The molecule has 1 heterocycles. The van der Waals surface area contributed by atoms with E-state index in [1.807, 2.05) is 31.2 Å². The molecule has 0 saturated heterocycles. The number of hydrogen-bond acceptors (Lipinski definition) is 7. The molecule has 0 spiro atoms. The van der Waals surface area contributed by atoms with Crippen molar-refractivity contribution >= 4 is 55.8 Å². The van der Waals surface area contributed by atoms with Crippen LogP contribution in [-0.2, 0) is 9.53 Å². The van der Waals surface area contributed by atoms with Gasteiger partial charge in [-0.05, 0) is 31.2 Å². The highest BCUT2D eigenvalue weighted by atomic mass is 79.9. The molecule has 0 bridgehead atoms. The molecule has 1 aromatic carbocycles. The third-order valence-electron chi connectivity index (χ3n) is 2.75. The van der Waals surface area contributed by atoms with Gasteiger partial charge in [0.1, 0.15) is 0 Å². The maximum absolute atomic E-state index is 12.2. The van der Waals surface area contributed by atoms with E-state index in [0.29, 0.717) is 13.2 Å². The Balaban J connectivity index is 1.84. The number of hydrogen-bond donors (Lipinski definition) is 2. The molecule has 23 heavy (non-hydrogen) atoms. The second-order valence-corrected chi connectivity index (χ2v) is 8.03. The molecule has 1 atom stereocenters. The van der Waals surface area contributed by atoms with Crippen molar-refractivity contribution in [3.05, 3.63) is 28.7 Å². The fourth-order valence-corrected chi connectivity index (χ4v) is 3.76. The number of anilines is 2. The SMILES string of the molecule is COCCNc1nnc(S[C@@H](C)C(=O)Nc2ccc(Br)cc2)s1. The zero-order valence-corrected chi connectivity index (χ0v) is 15.9. The summed E-state index contributed by atoms with van der Waals surface area (Å²) in [5.41, 5.74) is 0.768. The highest BCUT2D eigenvalue weighted by Gasteiger charge is 2.17. The van der Waals surface area contributed by atoms with Crippen LogP contribution in [0.1, 0.15) is 6.92 Å². The third-order valence-corrected chi connectivity index (χ3v) is 5.34. The average Bonchev–Trinajstić information content (AvgIpc) is 2.97. The van der Waals surface area contributed by atoms with Crippen molar-refractivity contribution in [2.75, 3.05) is 30.9 Å². The molecule has 1 aromatic heterocycles. The number of thioether (sulfide) groups is 1. The lowest BCUT2D eigenvalue weighted by Gasteiger charge is -2.10. The molecule has 2 aromatic rings. The molecule has 0 fully saturated rings. The van der Waals surface area contributed by atoms with Crippen LogP contribution in [0.25, 0.3) is 0 Å². The molecule has 0 aliphatic rings. The fraction of sp³-hybridized carbons (Fsp3) is 0.357. The Morgan fingerprint density at radius 1 is 1.39 bits per heavy atom. The van der Waals surface area contributed by atoms with Gasteiger partial charge in [-0.2, -0.15) is 0 Å². The van der Waals surface area contributed by atoms with Crippen molar-refractivity contribution < 1.29 is 9.53 Å². The lowest BCUT2D eigenvalue weighted by Crippen LogP contribution is -2.22. The lowest BCUT2D eigenvalue weighted by molar-refractivity contribution is -0.115. The van der Waals surface area contributed by atoms with Crippen LogP contribution in [0.5, 0.6) is 0 Å². The maximum atomic E-state index is 12.2. The molecule has 124 valence electrons. The summed E-state index contributed by atoms with van der Waals surface area (Å²) in [5.74, 6) is -0.0681. The summed E-state index contributed by atoms with van der Waals surface area (Å²) in [4.78, 5) is 12.2.